The molecule has 0 heterocycles. The summed E-state index contributed by atoms with van der Waals surface area (Å²) in [6.07, 6.45) is 1.83. The molecule has 2 rings (SSSR count). The highest BCUT2D eigenvalue weighted by Crippen LogP contribution is 2.26. The monoisotopic (exact) mass is 218 g/mol. The highest BCUT2D eigenvalue weighted by Gasteiger charge is 2.18. The minimum Gasteiger partial charge on any atom is -0.497 e. The van der Waals surface area contributed by atoms with Crippen molar-refractivity contribution in [1.29, 1.82) is 0 Å². The number of hydrogen-bond donors (Lipinski definition) is 2. The number of ether oxygens (including phenoxy) is 1. The van der Waals surface area contributed by atoms with Gasteiger partial charge in [-0.15, -0.1) is 5.10 Å². The molecule has 4 N–H and O–H groups in total. The van der Waals surface area contributed by atoms with Gasteiger partial charge in [-0.2, -0.15) is 5.10 Å². The van der Waals surface area contributed by atoms with Crippen LogP contribution in [-0.4, -0.2) is 18.8 Å². The molecule has 0 aromatic heterocycles. The van der Waals surface area contributed by atoms with Gasteiger partial charge in [0.05, 0.1) is 12.8 Å². The molecule has 0 radical (unpaired) electrons. The first kappa shape index (κ1) is 10.5. The molecule has 0 saturated heterocycles. The van der Waals surface area contributed by atoms with Crippen molar-refractivity contribution in [2.45, 2.75) is 12.8 Å². The van der Waals surface area contributed by atoms with E-state index in [1.807, 2.05) is 18.2 Å². The maximum atomic E-state index is 5.24. The molecule has 1 aromatic carbocycles. The van der Waals surface area contributed by atoms with E-state index in [1.54, 1.807) is 7.11 Å². The third-order valence-corrected chi connectivity index (χ3v) is 2.55. The molecule has 84 valence electrons. The van der Waals surface area contributed by atoms with Crippen LogP contribution in [-0.2, 0) is 6.42 Å². The van der Waals surface area contributed by atoms with Crippen LogP contribution >= 0.6 is 0 Å². The molecule has 0 spiro atoms. The normalized spacial score (nSPS) is 15.9. The van der Waals surface area contributed by atoms with Gasteiger partial charge >= 0.3 is 0 Å². The average Bonchev–Trinajstić information content (AvgIpc) is 2.68. The SMILES string of the molecule is COc1ccc2c(c1)C(=NN=C(N)N)CC2. The summed E-state index contributed by atoms with van der Waals surface area (Å²) in [7, 11) is 1.64. The number of guanidine groups is 1. The third kappa shape index (κ3) is 1.98. The minimum absolute atomic E-state index is 0.0242. The van der Waals surface area contributed by atoms with Crippen LogP contribution in [0.15, 0.2) is 28.4 Å². The Labute approximate surface area is 93.8 Å². The van der Waals surface area contributed by atoms with Crippen molar-refractivity contribution in [3.63, 3.8) is 0 Å². The number of nitrogens with two attached hydrogens (primary N) is 2. The Bertz CT molecular complexity index is 461. The van der Waals surface area contributed by atoms with Crippen LogP contribution in [0.4, 0.5) is 0 Å². The van der Waals surface area contributed by atoms with E-state index in [2.05, 4.69) is 10.2 Å². The zero-order valence-corrected chi connectivity index (χ0v) is 9.10. The second-order valence-electron chi connectivity index (χ2n) is 3.59. The lowest BCUT2D eigenvalue weighted by molar-refractivity contribution is 0.414. The maximum absolute atomic E-state index is 5.24. The number of hydrogen-bond acceptors (Lipinski definition) is 3. The second-order valence-corrected chi connectivity index (χ2v) is 3.59. The summed E-state index contributed by atoms with van der Waals surface area (Å²) in [5.41, 5.74) is 13.7. The van der Waals surface area contributed by atoms with Crippen LogP contribution in [0.2, 0.25) is 0 Å². The van der Waals surface area contributed by atoms with Gasteiger partial charge in [0.15, 0.2) is 0 Å². The van der Waals surface area contributed by atoms with Gasteiger partial charge in [-0.25, -0.2) is 0 Å². The van der Waals surface area contributed by atoms with Crippen LogP contribution in [0, 0.1) is 0 Å². The van der Waals surface area contributed by atoms with Gasteiger partial charge in [-0.05, 0) is 30.5 Å². The van der Waals surface area contributed by atoms with E-state index >= 15 is 0 Å². The van der Waals surface area contributed by atoms with Crippen molar-refractivity contribution in [3.05, 3.63) is 29.3 Å². The fourth-order valence-corrected chi connectivity index (χ4v) is 1.78. The van der Waals surface area contributed by atoms with E-state index in [-0.39, 0.29) is 5.96 Å². The summed E-state index contributed by atoms with van der Waals surface area (Å²) in [6, 6.07) is 5.96. The molecular weight excluding hydrogens is 204 g/mol. The van der Waals surface area contributed by atoms with Crippen LogP contribution in [0.5, 0.6) is 5.75 Å². The van der Waals surface area contributed by atoms with Gasteiger partial charge in [-0.3, -0.25) is 0 Å². The Morgan fingerprint density at radius 3 is 2.81 bits per heavy atom. The number of benzene rings is 1. The van der Waals surface area contributed by atoms with Crippen molar-refractivity contribution in [1.82, 2.24) is 0 Å². The third-order valence-electron chi connectivity index (χ3n) is 2.55. The molecule has 1 aliphatic carbocycles. The predicted molar refractivity (Wildman–Crippen MR) is 63.7 cm³/mol. The summed E-state index contributed by atoms with van der Waals surface area (Å²) in [6.45, 7) is 0. The molecule has 0 aliphatic heterocycles. The predicted octanol–water partition coefficient (Wildman–Crippen LogP) is 0.619. The molecule has 1 aliphatic rings. The lowest BCUT2D eigenvalue weighted by atomic mass is 10.1. The minimum atomic E-state index is -0.0242. The second kappa shape index (κ2) is 4.22. The standard InChI is InChI=1S/C11H14N4O/c1-16-8-4-2-7-3-5-10(9(7)6-8)14-15-11(12)13/h2,4,6H,3,5H2,1H3,(H4,12,13,15). The zero-order valence-electron chi connectivity index (χ0n) is 9.10. The molecule has 0 fully saturated rings. The van der Waals surface area contributed by atoms with Crippen molar-refractivity contribution in [2.24, 2.45) is 21.7 Å². The van der Waals surface area contributed by atoms with Gasteiger partial charge in [0.25, 0.3) is 0 Å². The van der Waals surface area contributed by atoms with Crippen molar-refractivity contribution in [3.8, 4) is 5.75 Å². The van der Waals surface area contributed by atoms with Crippen LogP contribution in [0.25, 0.3) is 0 Å². The first-order valence-corrected chi connectivity index (χ1v) is 5.03. The maximum Gasteiger partial charge on any atom is 0.211 e. The molecule has 0 amide bonds. The highest BCUT2D eigenvalue weighted by atomic mass is 16.5. The van der Waals surface area contributed by atoms with Gasteiger partial charge in [0, 0.05) is 5.56 Å². The number of rotatable bonds is 2. The lowest BCUT2D eigenvalue weighted by Gasteiger charge is -2.03. The fourth-order valence-electron chi connectivity index (χ4n) is 1.78. The van der Waals surface area contributed by atoms with Gasteiger partial charge in [0.2, 0.25) is 5.96 Å². The molecule has 1 aromatic rings. The van der Waals surface area contributed by atoms with Crippen molar-refractivity contribution < 1.29 is 4.74 Å². The molecule has 0 bridgehead atoms. The van der Waals surface area contributed by atoms with E-state index in [1.165, 1.54) is 5.56 Å². The van der Waals surface area contributed by atoms with E-state index in [9.17, 15) is 0 Å². The Hall–Kier alpha value is -2.04. The summed E-state index contributed by atoms with van der Waals surface area (Å²) < 4.78 is 5.17. The summed E-state index contributed by atoms with van der Waals surface area (Å²) in [5, 5.41) is 7.72. The quantitative estimate of drug-likeness (QED) is 0.433. The van der Waals surface area contributed by atoms with Crippen LogP contribution in [0.1, 0.15) is 17.5 Å². The fraction of sp³-hybridized carbons (Fsp3) is 0.273. The van der Waals surface area contributed by atoms with E-state index in [0.717, 1.165) is 29.9 Å². The molecule has 0 unspecified atom stereocenters. The van der Waals surface area contributed by atoms with E-state index < -0.39 is 0 Å². The summed E-state index contributed by atoms with van der Waals surface area (Å²) in [5.74, 6) is 0.793. The summed E-state index contributed by atoms with van der Waals surface area (Å²) in [4.78, 5) is 0. The number of nitrogens with zero attached hydrogens (tertiary/aromatic N) is 2. The lowest BCUT2D eigenvalue weighted by Crippen LogP contribution is -2.22. The highest BCUT2D eigenvalue weighted by molar-refractivity contribution is 6.05. The van der Waals surface area contributed by atoms with E-state index in [4.69, 9.17) is 16.2 Å². The topological polar surface area (TPSA) is 86.0 Å². The Morgan fingerprint density at radius 2 is 2.12 bits per heavy atom. The van der Waals surface area contributed by atoms with Crippen LogP contribution in [0.3, 0.4) is 0 Å². The first-order chi connectivity index (χ1) is 7.70. The number of methoxy groups -OCH3 is 1. The Morgan fingerprint density at radius 1 is 1.31 bits per heavy atom. The van der Waals surface area contributed by atoms with Crippen molar-refractivity contribution in [2.75, 3.05) is 7.11 Å². The van der Waals surface area contributed by atoms with Gasteiger partial charge in [-0.1, -0.05) is 6.07 Å². The molecule has 16 heavy (non-hydrogen) atoms. The number of fused-ring (bicyclic) bond motifs is 1. The average molecular weight is 218 g/mol. The molecular formula is C11H14N4O. The molecule has 5 heteroatoms. The Kier molecular flexibility index (Phi) is 2.76. The van der Waals surface area contributed by atoms with Gasteiger partial charge in [0.1, 0.15) is 5.75 Å². The van der Waals surface area contributed by atoms with Crippen LogP contribution < -0.4 is 16.2 Å². The first-order valence-electron chi connectivity index (χ1n) is 5.03. The zero-order chi connectivity index (χ0) is 11.5. The molecule has 5 nitrogen and oxygen atoms in total. The molecule has 0 saturated carbocycles. The number of aryl methyl sites for hydroxylation is 1. The summed E-state index contributed by atoms with van der Waals surface area (Å²) >= 11 is 0. The molecule has 0 atom stereocenters. The van der Waals surface area contributed by atoms with Gasteiger partial charge < -0.3 is 16.2 Å². The van der Waals surface area contributed by atoms with Crippen molar-refractivity contribution >= 4 is 11.7 Å². The van der Waals surface area contributed by atoms with E-state index in [0.29, 0.717) is 0 Å². The smallest absolute Gasteiger partial charge is 0.211 e. The Balaban J connectivity index is 2.38. The largest absolute Gasteiger partial charge is 0.497 e.